The Morgan fingerprint density at radius 2 is 2.26 bits per heavy atom. The summed E-state index contributed by atoms with van der Waals surface area (Å²) in [4.78, 5) is 33.2. The van der Waals surface area contributed by atoms with E-state index in [0.717, 1.165) is 20.5 Å². The lowest BCUT2D eigenvalue weighted by Crippen LogP contribution is -2.37. The molecule has 1 saturated heterocycles. The van der Waals surface area contributed by atoms with Gasteiger partial charge in [0.25, 0.3) is 0 Å². The Hall–Kier alpha value is -2.18. The molecular weight excluding hydrogens is 312 g/mol. The van der Waals surface area contributed by atoms with Gasteiger partial charge in [0, 0.05) is 15.1 Å². The summed E-state index contributed by atoms with van der Waals surface area (Å²) >= 11 is 1.64. The minimum absolute atomic E-state index is 0.0211. The van der Waals surface area contributed by atoms with Gasteiger partial charge in [-0.1, -0.05) is 24.3 Å². The molecule has 1 unspecified atom stereocenters. The van der Waals surface area contributed by atoms with Crippen molar-refractivity contribution in [3.63, 3.8) is 0 Å². The molecule has 0 N–H and O–H groups in total. The van der Waals surface area contributed by atoms with Crippen LogP contribution in [0.5, 0.6) is 0 Å². The van der Waals surface area contributed by atoms with Crippen LogP contribution in [0.1, 0.15) is 29.4 Å². The van der Waals surface area contributed by atoms with Gasteiger partial charge in [0.05, 0.1) is 13.2 Å². The maximum Gasteiger partial charge on any atom is 0.345 e. The molecule has 118 valence electrons. The number of fused-ring (bicyclic) bond motifs is 6. The van der Waals surface area contributed by atoms with Gasteiger partial charge in [-0.3, -0.25) is 9.63 Å². The van der Waals surface area contributed by atoms with Crippen molar-refractivity contribution in [1.82, 2.24) is 9.96 Å². The van der Waals surface area contributed by atoms with Crippen molar-refractivity contribution in [2.45, 2.75) is 19.0 Å². The van der Waals surface area contributed by atoms with Crippen LogP contribution in [0.3, 0.4) is 0 Å². The maximum atomic E-state index is 12.7. The van der Waals surface area contributed by atoms with Crippen molar-refractivity contribution in [3.8, 4) is 0 Å². The molecule has 4 rings (SSSR count). The SMILES string of the molecule is C=CCON1C(=O)N2CC1c1sc3ccccc3c1[C@H]2C(C)=O. The van der Waals surface area contributed by atoms with E-state index in [9.17, 15) is 9.59 Å². The lowest BCUT2D eigenvalue weighted by Gasteiger charge is -2.29. The zero-order chi connectivity index (χ0) is 16.1. The molecule has 23 heavy (non-hydrogen) atoms. The summed E-state index contributed by atoms with van der Waals surface area (Å²) in [6, 6.07) is 7.09. The summed E-state index contributed by atoms with van der Waals surface area (Å²) in [5.74, 6) is -0.0211. The Kier molecular flexibility index (Phi) is 3.25. The largest absolute Gasteiger partial charge is 0.345 e. The molecule has 2 aliphatic heterocycles. The van der Waals surface area contributed by atoms with E-state index in [1.165, 1.54) is 5.06 Å². The van der Waals surface area contributed by atoms with Crippen molar-refractivity contribution in [3.05, 3.63) is 47.4 Å². The topological polar surface area (TPSA) is 49.9 Å². The number of carbonyl (C=O) groups excluding carboxylic acids is 2. The van der Waals surface area contributed by atoms with Crippen LogP contribution in [0.25, 0.3) is 10.1 Å². The van der Waals surface area contributed by atoms with Gasteiger partial charge in [-0.2, -0.15) is 5.06 Å². The van der Waals surface area contributed by atoms with E-state index in [1.54, 1.807) is 29.2 Å². The highest BCUT2D eigenvalue weighted by atomic mass is 32.1. The second-order valence-electron chi connectivity index (χ2n) is 5.75. The number of amides is 2. The minimum atomic E-state index is -0.526. The van der Waals surface area contributed by atoms with Crippen molar-refractivity contribution < 1.29 is 14.4 Å². The van der Waals surface area contributed by atoms with Gasteiger partial charge in [0.15, 0.2) is 5.78 Å². The predicted molar refractivity (Wildman–Crippen MR) is 88.1 cm³/mol. The quantitative estimate of drug-likeness (QED) is 0.808. The van der Waals surface area contributed by atoms with E-state index in [4.69, 9.17) is 4.84 Å². The Balaban J connectivity index is 1.91. The Bertz CT molecular complexity index is 828. The number of Topliss-reactive ketones (excluding diaryl/α,β-unsaturated/α-hetero) is 1. The molecule has 1 aromatic heterocycles. The fraction of sp³-hybridized carbons (Fsp3) is 0.294. The van der Waals surface area contributed by atoms with Crippen LogP contribution in [-0.4, -0.2) is 34.9 Å². The van der Waals surface area contributed by atoms with E-state index < -0.39 is 6.04 Å². The third-order valence-corrected chi connectivity index (χ3v) is 5.64. The normalized spacial score (nSPS) is 22.6. The van der Waals surface area contributed by atoms with Gasteiger partial charge < -0.3 is 4.90 Å². The third kappa shape index (κ3) is 1.95. The van der Waals surface area contributed by atoms with E-state index >= 15 is 0 Å². The number of benzene rings is 1. The van der Waals surface area contributed by atoms with Crippen LogP contribution in [0.2, 0.25) is 0 Å². The molecule has 2 aliphatic rings. The number of urea groups is 1. The fourth-order valence-electron chi connectivity index (χ4n) is 3.47. The van der Waals surface area contributed by atoms with Crippen molar-refractivity contribution in [1.29, 1.82) is 0 Å². The van der Waals surface area contributed by atoms with Gasteiger partial charge in [-0.05, 0) is 18.4 Å². The van der Waals surface area contributed by atoms with Crippen LogP contribution >= 0.6 is 11.3 Å². The zero-order valence-electron chi connectivity index (χ0n) is 12.7. The summed E-state index contributed by atoms with van der Waals surface area (Å²) in [6.45, 7) is 5.92. The van der Waals surface area contributed by atoms with E-state index in [1.807, 2.05) is 18.2 Å². The first-order valence-corrected chi connectivity index (χ1v) is 8.30. The first-order chi connectivity index (χ1) is 11.1. The van der Waals surface area contributed by atoms with Crippen molar-refractivity contribution >= 4 is 33.2 Å². The van der Waals surface area contributed by atoms with Crippen LogP contribution in [-0.2, 0) is 9.63 Å². The van der Waals surface area contributed by atoms with Gasteiger partial charge in [0.1, 0.15) is 12.1 Å². The smallest absolute Gasteiger partial charge is 0.306 e. The van der Waals surface area contributed by atoms with Crippen LogP contribution in [0.4, 0.5) is 4.79 Å². The van der Waals surface area contributed by atoms with E-state index in [0.29, 0.717) is 6.54 Å². The van der Waals surface area contributed by atoms with Crippen LogP contribution < -0.4 is 0 Å². The molecular formula is C17H16N2O3S. The molecule has 2 atom stereocenters. The molecule has 0 saturated carbocycles. The molecule has 0 aliphatic carbocycles. The predicted octanol–water partition coefficient (Wildman–Crippen LogP) is 3.44. The lowest BCUT2D eigenvalue weighted by molar-refractivity contribution is -0.121. The highest BCUT2D eigenvalue weighted by molar-refractivity contribution is 7.19. The summed E-state index contributed by atoms with van der Waals surface area (Å²) in [5, 5.41) is 2.46. The minimum Gasteiger partial charge on any atom is -0.306 e. The van der Waals surface area contributed by atoms with Crippen molar-refractivity contribution in [2.24, 2.45) is 0 Å². The molecule has 0 spiro atoms. The van der Waals surface area contributed by atoms with E-state index in [-0.39, 0.29) is 24.5 Å². The molecule has 1 fully saturated rings. The first kappa shape index (κ1) is 14.4. The number of nitrogens with zero attached hydrogens (tertiary/aromatic N) is 2. The summed E-state index contributed by atoms with van der Waals surface area (Å²) in [6.07, 6.45) is 1.61. The number of hydrogen-bond donors (Lipinski definition) is 0. The second kappa shape index (κ2) is 5.18. The Morgan fingerprint density at radius 1 is 1.48 bits per heavy atom. The number of hydrogen-bond acceptors (Lipinski definition) is 4. The van der Waals surface area contributed by atoms with Crippen LogP contribution in [0.15, 0.2) is 36.9 Å². The van der Waals surface area contributed by atoms with Gasteiger partial charge in [-0.25, -0.2) is 4.79 Å². The summed E-state index contributed by atoms with van der Waals surface area (Å²) in [5.41, 5.74) is 0.965. The first-order valence-electron chi connectivity index (χ1n) is 7.49. The molecule has 2 amide bonds. The number of carbonyl (C=O) groups is 2. The molecule has 0 radical (unpaired) electrons. The molecule has 3 heterocycles. The van der Waals surface area contributed by atoms with Gasteiger partial charge in [0.2, 0.25) is 0 Å². The van der Waals surface area contributed by atoms with Crippen molar-refractivity contribution in [2.75, 3.05) is 13.2 Å². The zero-order valence-corrected chi connectivity index (χ0v) is 13.5. The molecule has 2 bridgehead atoms. The van der Waals surface area contributed by atoms with Gasteiger partial charge in [-0.15, -0.1) is 17.9 Å². The monoisotopic (exact) mass is 328 g/mol. The third-order valence-electron chi connectivity index (χ3n) is 4.35. The number of hydroxylamine groups is 2. The highest BCUT2D eigenvalue weighted by Crippen LogP contribution is 2.50. The molecule has 5 nitrogen and oxygen atoms in total. The second-order valence-corrected chi connectivity index (χ2v) is 6.83. The molecule has 6 heteroatoms. The average Bonchev–Trinajstić information content (AvgIpc) is 3.05. The summed E-state index contributed by atoms with van der Waals surface area (Å²) in [7, 11) is 0. The maximum absolute atomic E-state index is 12.7. The van der Waals surface area contributed by atoms with Gasteiger partial charge >= 0.3 is 6.03 Å². The number of rotatable bonds is 4. The highest BCUT2D eigenvalue weighted by Gasteiger charge is 2.51. The Labute approximate surface area is 137 Å². The average molecular weight is 328 g/mol. The number of ketones is 1. The lowest BCUT2D eigenvalue weighted by atomic mass is 9.93. The molecule has 2 aromatic rings. The standard InChI is InChI=1S/C17H16N2O3S/c1-3-8-22-19-12-9-18(17(19)21)15(10(2)20)14-11-6-4-5-7-13(11)23-16(12)14/h3-7,12,15H,1,8-9H2,2H3/t12?,15-/m1/s1. The fourth-order valence-corrected chi connectivity index (χ4v) is 4.78. The number of thiophene rings is 1. The van der Waals surface area contributed by atoms with Crippen LogP contribution in [0, 0.1) is 0 Å². The molecule has 1 aromatic carbocycles. The van der Waals surface area contributed by atoms with E-state index in [2.05, 4.69) is 12.6 Å². The Morgan fingerprint density at radius 3 is 3.00 bits per heavy atom. The summed E-state index contributed by atoms with van der Waals surface area (Å²) < 4.78 is 1.13.